The summed E-state index contributed by atoms with van der Waals surface area (Å²) in [5, 5.41) is 23.3. The number of hydrogen-bond acceptors (Lipinski definition) is 4. The standard InChI is InChI=1S/C6H4N5O2/c7-8-5-3-1-2-4-6(5)9-10-11(12)13/h1-4H/q+1. The average Bonchev–Trinajstić information content (AvgIpc) is 2.15. The lowest BCUT2D eigenvalue weighted by Crippen LogP contribution is -1.80. The van der Waals surface area contributed by atoms with E-state index in [1.807, 2.05) is 0 Å². The van der Waals surface area contributed by atoms with E-state index in [0.717, 1.165) is 0 Å². The second-order valence-corrected chi connectivity index (χ2v) is 2.02. The molecule has 0 fully saturated rings. The van der Waals surface area contributed by atoms with Crippen LogP contribution in [-0.2, 0) is 0 Å². The zero-order valence-corrected chi connectivity index (χ0v) is 6.36. The summed E-state index contributed by atoms with van der Waals surface area (Å²) in [6.07, 6.45) is 0. The van der Waals surface area contributed by atoms with Crippen LogP contribution in [0.2, 0.25) is 0 Å². The van der Waals surface area contributed by atoms with Crippen LogP contribution in [0.4, 0.5) is 11.4 Å². The third kappa shape index (κ3) is 2.30. The molecule has 1 aromatic carbocycles. The topological polar surface area (TPSA) is 96.0 Å². The minimum Gasteiger partial charge on any atom is -0.337 e. The molecule has 0 radical (unpaired) electrons. The van der Waals surface area contributed by atoms with Gasteiger partial charge in [0.05, 0.1) is 10.1 Å². The number of rotatable bonds is 2. The van der Waals surface area contributed by atoms with Gasteiger partial charge in [0.15, 0.2) is 10.2 Å². The molecule has 0 atom stereocenters. The lowest BCUT2D eigenvalue weighted by atomic mass is 10.3. The van der Waals surface area contributed by atoms with Gasteiger partial charge in [0.1, 0.15) is 0 Å². The Bertz CT molecular complexity index is 394. The van der Waals surface area contributed by atoms with Crippen molar-refractivity contribution >= 4 is 11.4 Å². The van der Waals surface area contributed by atoms with E-state index in [0.29, 0.717) is 0 Å². The quantitative estimate of drug-likeness (QED) is 0.301. The van der Waals surface area contributed by atoms with Crippen molar-refractivity contribution in [2.75, 3.05) is 0 Å². The summed E-state index contributed by atoms with van der Waals surface area (Å²) in [6.45, 7) is 0. The lowest BCUT2D eigenvalue weighted by Gasteiger charge is -1.78. The average molecular weight is 178 g/mol. The Morgan fingerprint density at radius 3 is 2.77 bits per heavy atom. The van der Waals surface area contributed by atoms with Crippen molar-refractivity contribution in [2.45, 2.75) is 0 Å². The van der Waals surface area contributed by atoms with Crippen LogP contribution in [0.5, 0.6) is 0 Å². The molecule has 0 saturated carbocycles. The first kappa shape index (κ1) is 8.73. The van der Waals surface area contributed by atoms with E-state index in [4.69, 9.17) is 5.39 Å². The Labute approximate surface area is 72.5 Å². The summed E-state index contributed by atoms with van der Waals surface area (Å²) in [5.41, 5.74) is 0.273. The van der Waals surface area contributed by atoms with Crippen molar-refractivity contribution < 1.29 is 5.03 Å². The van der Waals surface area contributed by atoms with Gasteiger partial charge in [0.25, 0.3) is 5.69 Å². The number of diazo groups is 1. The first-order valence-corrected chi connectivity index (χ1v) is 3.24. The van der Waals surface area contributed by atoms with Crippen LogP contribution in [0.15, 0.2) is 34.6 Å². The molecule has 0 heterocycles. The van der Waals surface area contributed by atoms with Crippen LogP contribution < -0.4 is 0 Å². The van der Waals surface area contributed by atoms with Gasteiger partial charge >= 0.3 is 5.69 Å². The van der Waals surface area contributed by atoms with Crippen LogP contribution in [0.25, 0.3) is 4.98 Å². The fourth-order valence-corrected chi connectivity index (χ4v) is 0.718. The Morgan fingerprint density at radius 2 is 2.15 bits per heavy atom. The molecule has 0 aliphatic rings. The van der Waals surface area contributed by atoms with Crippen molar-refractivity contribution in [1.82, 2.24) is 0 Å². The summed E-state index contributed by atoms with van der Waals surface area (Å²) >= 11 is 0. The molecule has 0 N–H and O–H groups in total. The van der Waals surface area contributed by atoms with E-state index >= 15 is 0 Å². The molecule has 1 aromatic rings. The van der Waals surface area contributed by atoms with Crippen LogP contribution >= 0.6 is 0 Å². The van der Waals surface area contributed by atoms with Crippen molar-refractivity contribution in [3.8, 4) is 0 Å². The molecule has 7 heteroatoms. The van der Waals surface area contributed by atoms with Crippen molar-refractivity contribution in [2.24, 2.45) is 10.3 Å². The minimum absolute atomic E-state index is 0.133. The van der Waals surface area contributed by atoms with Gasteiger partial charge in [-0.3, -0.25) is 0 Å². The molecular formula is C6H4N5O2+. The van der Waals surface area contributed by atoms with Gasteiger partial charge in [0, 0.05) is 12.1 Å². The molecule has 13 heavy (non-hydrogen) atoms. The molecule has 1 rings (SSSR count). The maximum Gasteiger partial charge on any atom is 0.437 e. The molecule has 0 aliphatic heterocycles. The highest BCUT2D eigenvalue weighted by molar-refractivity contribution is 5.64. The van der Waals surface area contributed by atoms with Gasteiger partial charge in [-0.1, -0.05) is 12.1 Å². The van der Waals surface area contributed by atoms with E-state index in [1.54, 1.807) is 12.1 Å². The molecule has 0 amide bonds. The Kier molecular flexibility index (Phi) is 2.60. The van der Waals surface area contributed by atoms with E-state index in [1.165, 1.54) is 12.1 Å². The molecule has 7 nitrogen and oxygen atoms in total. The molecule has 64 valence electrons. The molecule has 0 bridgehead atoms. The van der Waals surface area contributed by atoms with Gasteiger partial charge in [-0.05, 0) is 0 Å². The van der Waals surface area contributed by atoms with Gasteiger partial charge in [-0.25, -0.2) is 0 Å². The highest BCUT2D eigenvalue weighted by Gasteiger charge is 2.16. The van der Waals surface area contributed by atoms with Crippen molar-refractivity contribution in [1.29, 1.82) is 5.39 Å². The molecule has 0 unspecified atom stereocenters. The van der Waals surface area contributed by atoms with Gasteiger partial charge in [-0.15, -0.1) is 0 Å². The summed E-state index contributed by atoms with van der Waals surface area (Å²) in [5.74, 6) is 0. The number of benzene rings is 1. The SMILES string of the molecule is N#[N+]c1ccccc1N=N[N+](=O)[O-]. The largest absolute Gasteiger partial charge is 0.437 e. The predicted octanol–water partition coefficient (Wildman–Crippen LogP) is 2.45. The van der Waals surface area contributed by atoms with E-state index in [-0.39, 0.29) is 11.4 Å². The first-order chi connectivity index (χ1) is 6.24. The van der Waals surface area contributed by atoms with Crippen molar-refractivity contribution in [3.63, 3.8) is 0 Å². The Hall–Kier alpha value is -2.36. The first-order valence-electron chi connectivity index (χ1n) is 3.24. The van der Waals surface area contributed by atoms with Crippen LogP contribution in [0.3, 0.4) is 0 Å². The molecular weight excluding hydrogens is 174 g/mol. The van der Waals surface area contributed by atoms with E-state index in [9.17, 15) is 10.1 Å². The molecule has 0 spiro atoms. The maximum atomic E-state index is 9.82. The highest BCUT2D eigenvalue weighted by Crippen LogP contribution is 2.26. The third-order valence-corrected chi connectivity index (χ3v) is 1.21. The number of nitro groups is 1. The lowest BCUT2D eigenvalue weighted by molar-refractivity contribution is -0.493. The molecule has 0 saturated heterocycles. The summed E-state index contributed by atoms with van der Waals surface area (Å²) in [7, 11) is 0. The third-order valence-electron chi connectivity index (χ3n) is 1.21. The predicted molar refractivity (Wildman–Crippen MR) is 42.7 cm³/mol. The van der Waals surface area contributed by atoms with Crippen molar-refractivity contribution in [3.05, 3.63) is 39.4 Å². The fraction of sp³-hybridized carbons (Fsp3) is 0. The van der Waals surface area contributed by atoms with Gasteiger partial charge in [-0.2, -0.15) is 0 Å². The maximum absolute atomic E-state index is 9.82. The van der Waals surface area contributed by atoms with Crippen LogP contribution in [0, 0.1) is 15.5 Å². The second kappa shape index (κ2) is 3.87. The normalized spacial score (nSPS) is 9.77. The molecule has 0 aromatic heterocycles. The Morgan fingerprint density at radius 1 is 1.46 bits per heavy atom. The highest BCUT2D eigenvalue weighted by atomic mass is 16.7. The van der Waals surface area contributed by atoms with E-state index < -0.39 is 5.03 Å². The zero-order chi connectivity index (χ0) is 9.68. The number of hydrogen-bond donors (Lipinski definition) is 0. The monoisotopic (exact) mass is 178 g/mol. The fourth-order valence-electron chi connectivity index (χ4n) is 0.718. The van der Waals surface area contributed by atoms with Gasteiger partial charge in [0.2, 0.25) is 5.39 Å². The second-order valence-electron chi connectivity index (χ2n) is 2.02. The Balaban J connectivity index is 3.02. The summed E-state index contributed by atoms with van der Waals surface area (Å²) < 4.78 is 0. The minimum atomic E-state index is -0.936. The smallest absolute Gasteiger partial charge is 0.337 e. The zero-order valence-electron chi connectivity index (χ0n) is 6.36. The van der Waals surface area contributed by atoms with Crippen LogP contribution in [-0.4, -0.2) is 5.03 Å². The van der Waals surface area contributed by atoms with E-state index in [2.05, 4.69) is 15.3 Å². The summed E-state index contributed by atoms with van der Waals surface area (Å²) in [4.78, 5) is 12.7. The van der Waals surface area contributed by atoms with Gasteiger partial charge < -0.3 is 10.1 Å². The van der Waals surface area contributed by atoms with Crippen LogP contribution in [0.1, 0.15) is 0 Å². The number of nitrogens with zero attached hydrogens (tertiary/aromatic N) is 5. The summed E-state index contributed by atoms with van der Waals surface area (Å²) in [6, 6.07) is 6.11. The molecule has 0 aliphatic carbocycles.